The number of amides is 1. The summed E-state index contributed by atoms with van der Waals surface area (Å²) in [5.41, 5.74) is 3.79. The van der Waals surface area contributed by atoms with Crippen LogP contribution in [-0.4, -0.2) is 16.8 Å². The van der Waals surface area contributed by atoms with Crippen LogP contribution in [0.1, 0.15) is 40.4 Å². The summed E-state index contributed by atoms with van der Waals surface area (Å²) in [5, 5.41) is 0. The average Bonchev–Trinajstić information content (AvgIpc) is 3.03. The minimum Gasteiger partial charge on any atom is -0.445 e. The van der Waals surface area contributed by atoms with Gasteiger partial charge in [0.05, 0.1) is 0 Å². The summed E-state index contributed by atoms with van der Waals surface area (Å²) in [6.07, 6.45) is 0.162. The van der Waals surface area contributed by atoms with Crippen molar-refractivity contribution in [2.45, 2.75) is 33.0 Å². The summed E-state index contributed by atoms with van der Waals surface area (Å²) in [4.78, 5) is 25.6. The molecule has 2 aromatic carbocycles. The Kier molecular flexibility index (Phi) is 4.42. The molecule has 1 heterocycles. The van der Waals surface area contributed by atoms with E-state index in [1.54, 1.807) is 4.90 Å². The molecule has 0 saturated carbocycles. The number of rotatable bonds is 4. The minimum atomic E-state index is -0.326. The third kappa shape index (κ3) is 3.42. The maximum absolute atomic E-state index is 12.2. The lowest BCUT2D eigenvalue weighted by Crippen LogP contribution is -2.25. The summed E-state index contributed by atoms with van der Waals surface area (Å²) in [6.45, 7) is 3.15. The van der Waals surface area contributed by atoms with Crippen LogP contribution in [0.15, 0.2) is 48.5 Å². The zero-order valence-corrected chi connectivity index (χ0v) is 13.1. The van der Waals surface area contributed by atoms with Gasteiger partial charge in [-0.2, -0.15) is 0 Å². The Morgan fingerprint density at radius 1 is 1.04 bits per heavy atom. The summed E-state index contributed by atoms with van der Waals surface area (Å²) in [7, 11) is 0. The lowest BCUT2D eigenvalue weighted by Gasteiger charge is -2.15. The molecule has 3 rings (SSSR count). The fraction of sp³-hybridized carbons (Fsp3) is 0.263. The van der Waals surface area contributed by atoms with Crippen molar-refractivity contribution in [2.24, 2.45) is 0 Å². The highest BCUT2D eigenvalue weighted by Gasteiger charge is 2.25. The van der Waals surface area contributed by atoms with E-state index in [0.717, 1.165) is 16.7 Å². The zero-order chi connectivity index (χ0) is 16.2. The van der Waals surface area contributed by atoms with Crippen molar-refractivity contribution >= 4 is 11.9 Å². The molecule has 0 fully saturated rings. The largest absolute Gasteiger partial charge is 0.445 e. The van der Waals surface area contributed by atoms with Gasteiger partial charge in [0, 0.05) is 25.1 Å². The first kappa shape index (κ1) is 15.3. The molecule has 0 aromatic heterocycles. The van der Waals surface area contributed by atoms with Crippen molar-refractivity contribution in [1.82, 2.24) is 4.90 Å². The highest BCUT2D eigenvalue weighted by molar-refractivity contribution is 5.96. The summed E-state index contributed by atoms with van der Waals surface area (Å²) < 4.78 is 5.36. The second-order valence-corrected chi connectivity index (χ2v) is 5.66. The molecule has 0 N–H and O–H groups in total. The van der Waals surface area contributed by atoms with Crippen LogP contribution in [0.5, 0.6) is 0 Å². The van der Waals surface area contributed by atoms with Gasteiger partial charge in [-0.25, -0.2) is 4.79 Å². The van der Waals surface area contributed by atoms with Crippen LogP contribution < -0.4 is 0 Å². The average molecular weight is 309 g/mol. The summed E-state index contributed by atoms with van der Waals surface area (Å²) in [5.74, 6) is 0.123. The van der Waals surface area contributed by atoms with E-state index >= 15 is 0 Å². The molecule has 0 radical (unpaired) electrons. The molecule has 4 nitrogen and oxygen atoms in total. The normalized spacial score (nSPS) is 12.8. The van der Waals surface area contributed by atoms with Crippen molar-refractivity contribution in [3.8, 4) is 0 Å². The molecule has 23 heavy (non-hydrogen) atoms. The number of Topliss-reactive ketones (excluding diaryl/α,β-unsaturated/α-hetero) is 1. The Balaban J connectivity index is 1.62. The third-order valence-electron chi connectivity index (χ3n) is 4.04. The highest BCUT2D eigenvalue weighted by Crippen LogP contribution is 2.25. The van der Waals surface area contributed by atoms with Crippen molar-refractivity contribution in [2.75, 3.05) is 0 Å². The van der Waals surface area contributed by atoms with Crippen molar-refractivity contribution in [1.29, 1.82) is 0 Å². The minimum absolute atomic E-state index is 0.123. The second kappa shape index (κ2) is 6.65. The quantitative estimate of drug-likeness (QED) is 0.804. The molecule has 0 aliphatic carbocycles. The second-order valence-electron chi connectivity index (χ2n) is 5.66. The van der Waals surface area contributed by atoms with E-state index in [1.807, 2.05) is 55.5 Å². The first-order chi connectivity index (χ1) is 11.2. The van der Waals surface area contributed by atoms with Gasteiger partial charge in [0.15, 0.2) is 5.78 Å². The molecular formula is C19H19NO3. The maximum atomic E-state index is 12.2. The predicted octanol–water partition coefficient (Wildman–Crippen LogP) is 3.93. The van der Waals surface area contributed by atoms with Gasteiger partial charge in [0.1, 0.15) is 6.61 Å². The van der Waals surface area contributed by atoms with Crippen LogP contribution in [0.4, 0.5) is 4.79 Å². The fourth-order valence-corrected chi connectivity index (χ4v) is 2.71. The highest BCUT2D eigenvalue weighted by atomic mass is 16.6. The molecule has 0 unspecified atom stereocenters. The van der Waals surface area contributed by atoms with E-state index in [4.69, 9.17) is 4.74 Å². The number of ketones is 1. The van der Waals surface area contributed by atoms with E-state index in [0.29, 0.717) is 25.1 Å². The number of carbonyl (C=O) groups is 2. The molecule has 1 aliphatic rings. The zero-order valence-electron chi connectivity index (χ0n) is 13.1. The maximum Gasteiger partial charge on any atom is 0.410 e. The number of nitrogens with zero attached hydrogens (tertiary/aromatic N) is 1. The number of hydrogen-bond acceptors (Lipinski definition) is 3. The van der Waals surface area contributed by atoms with Gasteiger partial charge in [-0.1, -0.05) is 49.4 Å². The van der Waals surface area contributed by atoms with Gasteiger partial charge in [0.25, 0.3) is 0 Å². The number of carbonyl (C=O) groups excluding carboxylic acids is 2. The molecule has 2 aromatic rings. The molecule has 1 amide bonds. The van der Waals surface area contributed by atoms with Gasteiger partial charge in [-0.05, 0) is 22.8 Å². The van der Waals surface area contributed by atoms with Crippen LogP contribution in [0, 0.1) is 0 Å². The first-order valence-corrected chi connectivity index (χ1v) is 7.78. The standard InChI is InChI=1S/C19H19NO3/c1-2-18(21)15-8-9-16-11-20(12-17(16)10-15)19(22)23-13-14-6-4-3-5-7-14/h3-10H,2,11-13H2,1H3. The molecule has 118 valence electrons. The Bertz CT molecular complexity index is 725. The summed E-state index contributed by atoms with van der Waals surface area (Å²) in [6, 6.07) is 15.3. The predicted molar refractivity (Wildman–Crippen MR) is 86.9 cm³/mol. The van der Waals surface area contributed by atoms with Gasteiger partial charge in [-0.15, -0.1) is 0 Å². The Morgan fingerprint density at radius 3 is 2.52 bits per heavy atom. The van der Waals surface area contributed by atoms with E-state index in [2.05, 4.69) is 0 Å². The van der Waals surface area contributed by atoms with Crippen LogP contribution in [0.2, 0.25) is 0 Å². The van der Waals surface area contributed by atoms with Crippen LogP contribution in [0.25, 0.3) is 0 Å². The van der Waals surface area contributed by atoms with E-state index in [9.17, 15) is 9.59 Å². The van der Waals surface area contributed by atoms with Gasteiger partial charge in [0.2, 0.25) is 0 Å². The smallest absolute Gasteiger partial charge is 0.410 e. The van der Waals surface area contributed by atoms with Gasteiger partial charge < -0.3 is 4.74 Å². The molecule has 4 heteroatoms. The van der Waals surface area contributed by atoms with E-state index in [1.165, 1.54) is 0 Å². The van der Waals surface area contributed by atoms with Crippen molar-refractivity contribution in [3.63, 3.8) is 0 Å². The fourth-order valence-electron chi connectivity index (χ4n) is 2.71. The molecule has 0 bridgehead atoms. The monoisotopic (exact) mass is 309 g/mol. The van der Waals surface area contributed by atoms with E-state index in [-0.39, 0.29) is 18.5 Å². The lowest BCUT2D eigenvalue weighted by atomic mass is 10.0. The SMILES string of the molecule is CCC(=O)c1ccc2c(c1)CN(C(=O)OCc1ccccc1)C2. The van der Waals surface area contributed by atoms with Crippen LogP contribution in [0.3, 0.4) is 0 Å². The molecular weight excluding hydrogens is 290 g/mol. The van der Waals surface area contributed by atoms with Crippen molar-refractivity contribution in [3.05, 3.63) is 70.8 Å². The Morgan fingerprint density at radius 2 is 1.78 bits per heavy atom. The number of benzene rings is 2. The first-order valence-electron chi connectivity index (χ1n) is 7.78. The van der Waals surface area contributed by atoms with Gasteiger partial charge in [-0.3, -0.25) is 9.69 Å². The Labute approximate surface area is 135 Å². The van der Waals surface area contributed by atoms with E-state index < -0.39 is 0 Å². The molecule has 0 saturated heterocycles. The number of fused-ring (bicyclic) bond motifs is 1. The van der Waals surface area contributed by atoms with Crippen LogP contribution in [-0.2, 0) is 24.4 Å². The number of ether oxygens (including phenoxy) is 1. The lowest BCUT2D eigenvalue weighted by molar-refractivity contribution is 0.0954. The Hall–Kier alpha value is -2.62. The topological polar surface area (TPSA) is 46.6 Å². The number of hydrogen-bond donors (Lipinski definition) is 0. The molecule has 1 aliphatic heterocycles. The third-order valence-corrected chi connectivity index (χ3v) is 4.04. The molecule has 0 atom stereocenters. The van der Waals surface area contributed by atoms with Gasteiger partial charge >= 0.3 is 6.09 Å². The molecule has 0 spiro atoms. The summed E-state index contributed by atoms with van der Waals surface area (Å²) >= 11 is 0. The van der Waals surface area contributed by atoms with Crippen molar-refractivity contribution < 1.29 is 14.3 Å². The van der Waals surface area contributed by atoms with Crippen LogP contribution >= 0.6 is 0 Å².